The summed E-state index contributed by atoms with van der Waals surface area (Å²) in [6, 6.07) is 14.5. The first-order valence-electron chi connectivity index (χ1n) is 8.84. The molecule has 0 saturated carbocycles. The molecule has 2 N–H and O–H groups in total. The fourth-order valence-electron chi connectivity index (χ4n) is 2.83. The Labute approximate surface area is 162 Å². The second-order valence-electron chi connectivity index (χ2n) is 6.73. The molecule has 1 amide bonds. The lowest BCUT2D eigenvalue weighted by Gasteiger charge is -2.13. The molecule has 140 valence electrons. The third-order valence-electron chi connectivity index (χ3n) is 4.18. The number of hydrogen-bond donors (Lipinski definition) is 2. The number of thiazole rings is 1. The van der Waals surface area contributed by atoms with Crippen LogP contribution >= 0.6 is 11.3 Å². The van der Waals surface area contributed by atoms with Gasteiger partial charge in [-0.3, -0.25) is 4.79 Å². The number of carbonyl (C=O) groups excluding carboxylic acids is 1. The molecule has 1 heterocycles. The van der Waals surface area contributed by atoms with Gasteiger partial charge in [0.1, 0.15) is 29.6 Å². The van der Waals surface area contributed by atoms with E-state index in [2.05, 4.69) is 10.3 Å². The predicted octanol–water partition coefficient (Wildman–Crippen LogP) is 2.99. The Hall–Kier alpha value is -2.57. The van der Waals surface area contributed by atoms with Gasteiger partial charge in [-0.2, -0.15) is 0 Å². The van der Waals surface area contributed by atoms with Crippen molar-refractivity contribution in [1.82, 2.24) is 4.98 Å². The molecule has 6 heteroatoms. The molecule has 0 bridgehead atoms. The zero-order valence-electron chi connectivity index (χ0n) is 15.5. The standard InChI is InChI=1S/C21H22FN3OS/c1-15-7-9-17(10-8-15)23-20(26)11-21-24-18(14-27-21)13-25(2)12-16-5-3-4-6-19(16)22/h3-10,14H,11-13H2,1-2H3,(H,23,26)/p+1. The summed E-state index contributed by atoms with van der Waals surface area (Å²) in [4.78, 5) is 17.9. The third kappa shape index (κ3) is 5.70. The number of rotatable bonds is 7. The second kappa shape index (κ2) is 8.88. The fourth-order valence-corrected chi connectivity index (χ4v) is 3.62. The number of benzene rings is 2. The van der Waals surface area contributed by atoms with Crippen molar-refractivity contribution in [2.75, 3.05) is 12.4 Å². The van der Waals surface area contributed by atoms with Crippen molar-refractivity contribution in [3.63, 3.8) is 0 Å². The Bertz CT molecular complexity index is 908. The molecule has 1 unspecified atom stereocenters. The van der Waals surface area contributed by atoms with E-state index < -0.39 is 0 Å². The van der Waals surface area contributed by atoms with Crippen LogP contribution in [0.25, 0.3) is 0 Å². The van der Waals surface area contributed by atoms with Crippen molar-refractivity contribution >= 4 is 22.9 Å². The van der Waals surface area contributed by atoms with Crippen molar-refractivity contribution < 1.29 is 14.1 Å². The maximum Gasteiger partial charge on any atom is 0.231 e. The smallest absolute Gasteiger partial charge is 0.231 e. The summed E-state index contributed by atoms with van der Waals surface area (Å²) in [6.07, 6.45) is 0.255. The Morgan fingerprint density at radius 2 is 1.89 bits per heavy atom. The van der Waals surface area contributed by atoms with Crippen molar-refractivity contribution in [3.05, 3.63) is 81.6 Å². The third-order valence-corrected chi connectivity index (χ3v) is 5.08. The lowest BCUT2D eigenvalue weighted by Crippen LogP contribution is -3.06. The summed E-state index contributed by atoms with van der Waals surface area (Å²) in [5.74, 6) is -0.254. The number of halogens is 1. The van der Waals surface area contributed by atoms with E-state index in [-0.39, 0.29) is 18.1 Å². The minimum absolute atomic E-state index is 0.0770. The normalized spacial score (nSPS) is 12.0. The second-order valence-corrected chi connectivity index (χ2v) is 7.67. The van der Waals surface area contributed by atoms with E-state index in [1.807, 2.05) is 49.7 Å². The summed E-state index contributed by atoms with van der Waals surface area (Å²) >= 11 is 1.48. The van der Waals surface area contributed by atoms with E-state index in [1.54, 1.807) is 12.1 Å². The Morgan fingerprint density at radius 1 is 1.15 bits per heavy atom. The average Bonchev–Trinajstić information content (AvgIpc) is 3.05. The van der Waals surface area contributed by atoms with Crippen LogP contribution in [-0.2, 0) is 24.3 Å². The molecule has 3 aromatic rings. The van der Waals surface area contributed by atoms with Crippen LogP contribution in [0.5, 0.6) is 0 Å². The number of hydrogen-bond acceptors (Lipinski definition) is 3. The van der Waals surface area contributed by atoms with Gasteiger partial charge < -0.3 is 10.2 Å². The first-order chi connectivity index (χ1) is 13.0. The van der Waals surface area contributed by atoms with Gasteiger partial charge in [0.2, 0.25) is 5.91 Å². The Kier molecular flexibility index (Phi) is 6.32. The van der Waals surface area contributed by atoms with Gasteiger partial charge in [-0.25, -0.2) is 9.37 Å². The largest absolute Gasteiger partial charge is 0.328 e. The molecular formula is C21H23FN3OS+. The maximum absolute atomic E-state index is 13.8. The number of aryl methyl sites for hydroxylation is 1. The van der Waals surface area contributed by atoms with Gasteiger partial charge in [0.15, 0.2) is 0 Å². The molecule has 1 atom stereocenters. The van der Waals surface area contributed by atoms with Crippen molar-refractivity contribution in [2.45, 2.75) is 26.4 Å². The molecule has 0 fully saturated rings. The van der Waals surface area contributed by atoms with Crippen LogP contribution in [0, 0.1) is 12.7 Å². The SMILES string of the molecule is Cc1ccc(NC(=O)Cc2nc(C[NH+](C)Cc3ccccc3F)cs2)cc1. The van der Waals surface area contributed by atoms with Gasteiger partial charge in [-0.1, -0.05) is 35.9 Å². The van der Waals surface area contributed by atoms with E-state index in [9.17, 15) is 9.18 Å². The summed E-state index contributed by atoms with van der Waals surface area (Å²) < 4.78 is 13.8. The van der Waals surface area contributed by atoms with Crippen LogP contribution in [-0.4, -0.2) is 17.9 Å². The quantitative estimate of drug-likeness (QED) is 0.658. The molecule has 27 heavy (non-hydrogen) atoms. The zero-order chi connectivity index (χ0) is 19.2. The summed E-state index contributed by atoms with van der Waals surface area (Å²) in [5.41, 5.74) is 3.56. The van der Waals surface area contributed by atoms with Gasteiger partial charge in [-0.15, -0.1) is 11.3 Å². The number of carbonyl (C=O) groups is 1. The number of nitrogens with zero attached hydrogens (tertiary/aromatic N) is 1. The van der Waals surface area contributed by atoms with Gasteiger partial charge in [0, 0.05) is 16.6 Å². The number of aromatic nitrogens is 1. The van der Waals surface area contributed by atoms with Crippen molar-refractivity contribution in [3.8, 4) is 0 Å². The number of anilines is 1. The first-order valence-corrected chi connectivity index (χ1v) is 9.72. The van der Waals surface area contributed by atoms with E-state index in [0.29, 0.717) is 18.7 Å². The van der Waals surface area contributed by atoms with Gasteiger partial charge in [-0.05, 0) is 25.1 Å². The predicted molar refractivity (Wildman–Crippen MR) is 106 cm³/mol. The van der Waals surface area contributed by atoms with Crippen LogP contribution < -0.4 is 10.2 Å². The number of quaternary nitrogens is 1. The summed E-state index contributed by atoms with van der Waals surface area (Å²) in [5, 5.41) is 5.64. The zero-order valence-corrected chi connectivity index (χ0v) is 16.3. The van der Waals surface area contributed by atoms with Crippen LogP contribution in [0.15, 0.2) is 53.9 Å². The van der Waals surface area contributed by atoms with E-state index >= 15 is 0 Å². The van der Waals surface area contributed by atoms with Gasteiger partial charge in [0.05, 0.1) is 13.5 Å². The number of amides is 1. The van der Waals surface area contributed by atoms with Crippen molar-refractivity contribution in [2.24, 2.45) is 0 Å². The van der Waals surface area contributed by atoms with E-state index in [4.69, 9.17) is 0 Å². The first kappa shape index (κ1) is 19.2. The summed E-state index contributed by atoms with van der Waals surface area (Å²) in [6.45, 7) is 3.28. The highest BCUT2D eigenvalue weighted by atomic mass is 32.1. The molecule has 0 saturated heterocycles. The van der Waals surface area contributed by atoms with E-state index in [1.165, 1.54) is 17.4 Å². The lowest BCUT2D eigenvalue weighted by atomic mass is 10.2. The molecule has 0 aliphatic rings. The minimum atomic E-state index is -0.177. The van der Waals surface area contributed by atoms with Crippen LogP contribution in [0.2, 0.25) is 0 Å². The molecule has 0 spiro atoms. The molecule has 4 nitrogen and oxygen atoms in total. The Balaban J connectivity index is 1.52. The highest BCUT2D eigenvalue weighted by Gasteiger charge is 2.13. The van der Waals surface area contributed by atoms with Crippen LogP contribution in [0.3, 0.4) is 0 Å². The molecule has 3 rings (SSSR count). The lowest BCUT2D eigenvalue weighted by molar-refractivity contribution is -0.908. The maximum atomic E-state index is 13.8. The summed E-state index contributed by atoms with van der Waals surface area (Å²) in [7, 11) is 2.01. The highest BCUT2D eigenvalue weighted by molar-refractivity contribution is 7.09. The number of nitrogens with one attached hydrogen (secondary N) is 2. The van der Waals surface area contributed by atoms with Crippen LogP contribution in [0.4, 0.5) is 10.1 Å². The minimum Gasteiger partial charge on any atom is -0.328 e. The van der Waals surface area contributed by atoms with Crippen molar-refractivity contribution in [1.29, 1.82) is 0 Å². The molecule has 0 radical (unpaired) electrons. The molecule has 0 aliphatic carbocycles. The van der Waals surface area contributed by atoms with Gasteiger partial charge >= 0.3 is 0 Å². The fraction of sp³-hybridized carbons (Fsp3) is 0.238. The average molecular weight is 385 g/mol. The topological polar surface area (TPSA) is 46.4 Å². The molecule has 2 aromatic carbocycles. The van der Waals surface area contributed by atoms with Crippen LogP contribution in [0.1, 0.15) is 21.8 Å². The molecular weight excluding hydrogens is 361 g/mol. The monoisotopic (exact) mass is 384 g/mol. The highest BCUT2D eigenvalue weighted by Crippen LogP contribution is 2.13. The van der Waals surface area contributed by atoms with E-state index in [0.717, 1.165) is 26.9 Å². The Morgan fingerprint density at radius 3 is 2.63 bits per heavy atom. The molecule has 1 aromatic heterocycles. The molecule has 0 aliphatic heterocycles. The van der Waals surface area contributed by atoms with Gasteiger partial charge in [0.25, 0.3) is 0 Å².